The number of furan rings is 1. The van der Waals surface area contributed by atoms with Crippen molar-refractivity contribution in [3.8, 4) is 72.4 Å². The van der Waals surface area contributed by atoms with Gasteiger partial charge >= 0.3 is 0 Å². The molecule has 0 aliphatic carbocycles. The van der Waals surface area contributed by atoms with Gasteiger partial charge in [0, 0.05) is 61.1 Å². The van der Waals surface area contributed by atoms with Crippen molar-refractivity contribution in [2.45, 2.75) is 105 Å². The first-order chi connectivity index (χ1) is 53.9. The number of benzene rings is 14. The fourth-order valence-corrected chi connectivity index (χ4v) is 16.1. The third-order valence-electron chi connectivity index (χ3n) is 21.8. The molecule has 0 saturated heterocycles. The molecule has 4 nitrogen and oxygen atoms in total. The van der Waals surface area contributed by atoms with Crippen LogP contribution in [0.4, 0.5) is 34.1 Å². The number of anilines is 6. The Kier molecular flexibility index (Phi) is 13.3. The first kappa shape index (κ1) is 56.8. The number of hydrogen-bond donors (Lipinski definition) is 0. The van der Waals surface area contributed by atoms with Crippen LogP contribution in [-0.2, 0) is 21.7 Å². The number of para-hydroxylation sites is 5. The Balaban J connectivity index is 1.01. The van der Waals surface area contributed by atoms with E-state index in [4.69, 9.17) is 7.16 Å². The van der Waals surface area contributed by atoms with E-state index < -0.39 is 43.0 Å². The molecule has 5 heteroatoms. The van der Waals surface area contributed by atoms with Crippen LogP contribution in [0.2, 0.25) is 0 Å². The van der Waals surface area contributed by atoms with Gasteiger partial charge in [0.25, 0.3) is 6.71 Å². The predicted octanol–water partition coefficient (Wildman–Crippen LogP) is 26.0. The molecule has 0 N–H and O–H groups in total. The average molecular weight is 1360 g/mol. The maximum absolute atomic E-state index is 9.87. The molecule has 105 heavy (non-hydrogen) atoms. The van der Waals surface area contributed by atoms with Gasteiger partial charge in [0.2, 0.25) is 0 Å². The summed E-state index contributed by atoms with van der Waals surface area (Å²) in [6, 6.07) is 89.1. The van der Waals surface area contributed by atoms with Gasteiger partial charge in [-0.25, -0.2) is 0 Å². The molecule has 4 heterocycles. The fourth-order valence-electron chi connectivity index (χ4n) is 16.1. The van der Waals surface area contributed by atoms with E-state index in [0.29, 0.717) is 5.69 Å². The second kappa shape index (κ2) is 24.5. The first-order valence-electron chi connectivity index (χ1n) is 40.7. The van der Waals surface area contributed by atoms with Gasteiger partial charge in [-0.2, -0.15) is 0 Å². The summed E-state index contributed by atoms with van der Waals surface area (Å²) in [6.07, 6.45) is 0. The Morgan fingerprint density at radius 3 is 1.26 bits per heavy atom. The first-order valence-corrected chi connectivity index (χ1v) is 36.7. The van der Waals surface area contributed by atoms with Crippen LogP contribution < -0.4 is 26.2 Å². The summed E-state index contributed by atoms with van der Waals surface area (Å²) in [6.45, 7) is 26.9. The average Bonchev–Trinajstić information content (AvgIpc) is 0.716. The molecule has 0 fully saturated rings. The molecule has 0 atom stereocenters. The van der Waals surface area contributed by atoms with E-state index in [2.05, 4.69) is 329 Å². The Hall–Kier alpha value is -11.7. The maximum Gasteiger partial charge on any atom is 0.252 e. The van der Waals surface area contributed by atoms with E-state index in [1.165, 1.54) is 22.3 Å². The molecule has 18 rings (SSSR count). The van der Waals surface area contributed by atoms with E-state index in [-0.39, 0.29) is 55.6 Å². The van der Waals surface area contributed by atoms with Gasteiger partial charge in [-0.3, -0.25) is 0 Å². The Morgan fingerprint density at radius 1 is 0.286 bits per heavy atom. The van der Waals surface area contributed by atoms with Crippen LogP contribution in [0.1, 0.15) is 116 Å². The molecule has 2 aliphatic rings. The summed E-state index contributed by atoms with van der Waals surface area (Å²) in [5.74, 6) is 0. The molecular weight excluding hydrogens is 1270 g/mol. The zero-order chi connectivity index (χ0) is 79.0. The van der Waals surface area contributed by atoms with Crippen LogP contribution in [0.25, 0.3) is 116 Å². The number of aromatic nitrogens is 1. The number of fused-ring (bicyclic) bond motifs is 10. The van der Waals surface area contributed by atoms with Crippen LogP contribution in [0.5, 0.6) is 0 Å². The quantitative estimate of drug-likeness (QED) is 0.135. The molecular formula is C100H86BN3O. The predicted molar refractivity (Wildman–Crippen MR) is 449 cm³/mol. The molecule has 0 spiro atoms. The molecule has 2 aromatic heterocycles. The molecule has 2 aliphatic heterocycles. The second-order valence-electron chi connectivity index (χ2n) is 32.8. The SMILES string of the molecule is [2H]c1c([2H])c([2H])c2c(c1[2H])c1c([2H])c([2H])c([2H])c([2H])c1n2-c1ccc2c(c1)N(c1ccccc1-c1cc(C(C)(C)C)cc(C(C)(C)C)c1)c1cc(-c3ccc4oc5ccccc5c4c3)cc3c1B2c1cc(-c2cc(-c4ccccc4)cc(-c4ccccc4)c2)ccc1N3c1ccccc1-c1cc(C(C)(C)C)cc(C(C)(C)C)c1. The molecule has 0 unspecified atom stereocenters. The van der Waals surface area contributed by atoms with Gasteiger partial charge in [0.05, 0.1) is 33.4 Å². The number of nitrogens with zero attached hydrogens (tertiary/aromatic N) is 3. The van der Waals surface area contributed by atoms with Crippen molar-refractivity contribution >= 4 is 101 Å². The lowest BCUT2D eigenvalue weighted by Crippen LogP contribution is -2.61. The molecule has 0 saturated carbocycles. The minimum atomic E-state index is -0.521. The minimum absolute atomic E-state index is 0.00827. The highest BCUT2D eigenvalue weighted by Gasteiger charge is 2.45. The summed E-state index contributed by atoms with van der Waals surface area (Å²) in [7, 11) is 0. The van der Waals surface area contributed by atoms with Crippen LogP contribution >= 0.6 is 0 Å². The van der Waals surface area contributed by atoms with Gasteiger partial charge in [-0.1, -0.05) is 295 Å². The van der Waals surface area contributed by atoms with E-state index >= 15 is 0 Å². The largest absolute Gasteiger partial charge is 0.456 e. The van der Waals surface area contributed by atoms with Crippen molar-refractivity contribution in [2.75, 3.05) is 9.80 Å². The van der Waals surface area contributed by atoms with Crippen LogP contribution in [-0.4, -0.2) is 11.3 Å². The number of hydrogen-bond acceptors (Lipinski definition) is 3. The lowest BCUT2D eigenvalue weighted by Gasteiger charge is -2.45. The van der Waals surface area contributed by atoms with Crippen molar-refractivity contribution in [1.29, 1.82) is 0 Å². The topological polar surface area (TPSA) is 24.6 Å². The smallest absolute Gasteiger partial charge is 0.252 e. The summed E-state index contributed by atoms with van der Waals surface area (Å²) in [5, 5.41) is 2.00. The zero-order valence-electron chi connectivity index (χ0n) is 69.6. The van der Waals surface area contributed by atoms with Crippen molar-refractivity contribution in [2.24, 2.45) is 0 Å². The molecule has 16 aromatic rings. The summed E-state index contributed by atoms with van der Waals surface area (Å²) >= 11 is 0. The summed E-state index contributed by atoms with van der Waals surface area (Å²) in [4.78, 5) is 4.94. The molecule has 14 aromatic carbocycles. The summed E-state index contributed by atoms with van der Waals surface area (Å²) < 4.78 is 84.0. The fraction of sp³-hybridized carbons (Fsp3) is 0.160. The van der Waals surface area contributed by atoms with Crippen LogP contribution in [0.3, 0.4) is 0 Å². The van der Waals surface area contributed by atoms with Crippen molar-refractivity contribution in [3.63, 3.8) is 0 Å². The normalized spacial score (nSPS) is 14.2. The van der Waals surface area contributed by atoms with Crippen molar-refractivity contribution < 1.29 is 15.4 Å². The maximum atomic E-state index is 9.87. The Labute approximate surface area is 629 Å². The highest BCUT2D eigenvalue weighted by molar-refractivity contribution is 7.00. The standard InChI is InChI=1S/C100H86BN3O/c1-97(2,3)73-52-71(53-74(60-73)98(4,5)6)78-33-19-24-38-86(78)103-90-47-43-66(69-50-67(63-29-15-13-16-30-63)49-68(51-69)64-31-17-14-18-32-64)57-85(90)101-84-46-45-77(102-88-40-26-21-35-80(88)81-36-22-27-41-89(81)102)62-91(84)104(87-39-25-20-34-79(87)72-54-75(99(7,8)9)61-76(55-72)100(10,11)12)93-59-70(58-92(103)96(93)101)65-44-48-95-83(56-65)82-37-23-28-42-94(82)105-95/h13-62H,1-12H3/i21D,22D,26D,27D,35D,36D,40D,41D. The van der Waals surface area contributed by atoms with Gasteiger partial charge < -0.3 is 18.8 Å². The molecule has 0 radical (unpaired) electrons. The third-order valence-corrected chi connectivity index (χ3v) is 21.8. The third kappa shape index (κ3) is 11.3. The van der Waals surface area contributed by atoms with Gasteiger partial charge in [-0.15, -0.1) is 0 Å². The molecule has 0 amide bonds. The highest BCUT2D eigenvalue weighted by Crippen LogP contribution is 2.52. The van der Waals surface area contributed by atoms with Gasteiger partial charge in [0.1, 0.15) is 11.2 Å². The number of rotatable bonds is 9. The molecule has 510 valence electrons. The van der Waals surface area contributed by atoms with Crippen molar-refractivity contribution in [1.82, 2.24) is 4.57 Å². The monoisotopic (exact) mass is 1360 g/mol. The lowest BCUT2D eigenvalue weighted by atomic mass is 9.33. The van der Waals surface area contributed by atoms with E-state index in [9.17, 15) is 8.22 Å². The Bertz CT molecular complexity index is 6470. The Morgan fingerprint density at radius 2 is 0.724 bits per heavy atom. The van der Waals surface area contributed by atoms with E-state index in [1.54, 1.807) is 4.57 Å². The summed E-state index contributed by atoms with van der Waals surface area (Å²) in [5.41, 5.74) is 26.9. The second-order valence-corrected chi connectivity index (χ2v) is 32.8. The zero-order valence-corrected chi connectivity index (χ0v) is 61.6. The van der Waals surface area contributed by atoms with Crippen LogP contribution in [0.15, 0.2) is 308 Å². The van der Waals surface area contributed by atoms with Crippen molar-refractivity contribution in [3.05, 3.63) is 325 Å². The van der Waals surface area contributed by atoms with Crippen LogP contribution in [0, 0.1) is 0 Å². The highest BCUT2D eigenvalue weighted by atomic mass is 16.3. The van der Waals surface area contributed by atoms with Gasteiger partial charge in [0.15, 0.2) is 0 Å². The minimum Gasteiger partial charge on any atom is -0.456 e. The van der Waals surface area contributed by atoms with Gasteiger partial charge in [-0.05, 0) is 207 Å². The molecule has 0 bridgehead atoms. The van der Waals surface area contributed by atoms with E-state index in [0.717, 1.165) is 139 Å². The lowest BCUT2D eigenvalue weighted by molar-refractivity contribution is 0.568. The van der Waals surface area contributed by atoms with E-state index in [1.807, 2.05) is 18.2 Å².